The van der Waals surface area contributed by atoms with E-state index in [1.807, 2.05) is 45.8 Å². The van der Waals surface area contributed by atoms with Crippen LogP contribution in [0, 0.1) is 0 Å². The number of thioether (sulfide) groups is 1. The van der Waals surface area contributed by atoms with Crippen LogP contribution in [0.3, 0.4) is 0 Å². The van der Waals surface area contributed by atoms with E-state index < -0.39 is 29.2 Å². The van der Waals surface area contributed by atoms with Gasteiger partial charge in [-0.3, -0.25) is 14.5 Å². The number of carboxylic acids is 1. The molecule has 0 aromatic carbocycles. The minimum Gasteiger partial charge on any atom is -0.543 e. The third kappa shape index (κ3) is 4.71. The first kappa shape index (κ1) is 25.3. The zero-order chi connectivity index (χ0) is 27.1. The van der Waals surface area contributed by atoms with Crippen LogP contribution in [0.25, 0.3) is 5.65 Å². The highest BCUT2D eigenvalue weighted by Gasteiger charge is 2.53. The van der Waals surface area contributed by atoms with Gasteiger partial charge in [0.05, 0.1) is 17.9 Å². The number of carbonyl (C=O) groups is 3. The number of anilines is 1. The molecular formula is C24H24N8O5S2. The van der Waals surface area contributed by atoms with Gasteiger partial charge in [-0.2, -0.15) is 9.36 Å². The number of hydrogen-bond acceptors (Lipinski definition) is 11. The molecule has 39 heavy (non-hydrogen) atoms. The molecule has 202 valence electrons. The van der Waals surface area contributed by atoms with Gasteiger partial charge < -0.3 is 25.8 Å². The second kappa shape index (κ2) is 10.3. The summed E-state index contributed by atoms with van der Waals surface area (Å²) in [7, 11) is 0. The molecule has 2 fully saturated rings. The fourth-order valence-corrected chi connectivity index (χ4v) is 6.79. The number of amides is 2. The van der Waals surface area contributed by atoms with Gasteiger partial charge in [0, 0.05) is 28.9 Å². The molecule has 2 atom stereocenters. The smallest absolute Gasteiger partial charge is 0.286 e. The summed E-state index contributed by atoms with van der Waals surface area (Å²) in [6, 6.07) is 4.74. The van der Waals surface area contributed by atoms with Crippen LogP contribution in [0.1, 0.15) is 31.5 Å². The third-order valence-corrected chi connectivity index (χ3v) is 8.80. The van der Waals surface area contributed by atoms with E-state index in [0.29, 0.717) is 11.3 Å². The van der Waals surface area contributed by atoms with E-state index >= 15 is 0 Å². The topological polar surface area (TPSA) is 171 Å². The molecule has 0 radical (unpaired) electrons. The van der Waals surface area contributed by atoms with Crippen LogP contribution < -0.4 is 20.7 Å². The molecule has 1 aliphatic carbocycles. The van der Waals surface area contributed by atoms with E-state index in [0.717, 1.165) is 42.9 Å². The van der Waals surface area contributed by atoms with E-state index in [4.69, 9.17) is 10.6 Å². The first-order chi connectivity index (χ1) is 18.9. The molecule has 0 spiro atoms. The van der Waals surface area contributed by atoms with Crippen molar-refractivity contribution in [2.45, 2.75) is 49.7 Å². The molecular weight excluding hydrogens is 544 g/mol. The number of rotatable bonds is 8. The molecule has 1 saturated heterocycles. The zero-order valence-corrected chi connectivity index (χ0v) is 22.2. The Morgan fingerprint density at radius 1 is 1.28 bits per heavy atom. The fourth-order valence-electron chi connectivity index (χ4n) is 5.02. The second-order valence-corrected chi connectivity index (χ2v) is 11.3. The predicted octanol–water partition coefficient (Wildman–Crippen LogP) is -0.572. The van der Waals surface area contributed by atoms with Crippen molar-refractivity contribution >= 4 is 57.6 Å². The van der Waals surface area contributed by atoms with Crippen LogP contribution in [0.15, 0.2) is 53.2 Å². The number of aliphatic carboxylic acids is 1. The molecule has 1 saturated carbocycles. The van der Waals surface area contributed by atoms with Crippen LogP contribution in [-0.2, 0) is 25.8 Å². The molecule has 5 heterocycles. The quantitative estimate of drug-likeness (QED) is 0.156. The molecule has 15 heteroatoms. The van der Waals surface area contributed by atoms with Crippen LogP contribution in [-0.4, -0.2) is 65.4 Å². The molecule has 0 unspecified atom stereocenters. The molecule has 3 aromatic heterocycles. The number of fused-ring (bicyclic) bond motifs is 2. The first-order valence-electron chi connectivity index (χ1n) is 12.4. The molecule has 2 aliphatic heterocycles. The van der Waals surface area contributed by atoms with E-state index in [1.165, 1.54) is 16.7 Å². The number of hydrogen-bond donors (Lipinski definition) is 2. The average molecular weight is 569 g/mol. The third-order valence-electron chi connectivity index (χ3n) is 6.92. The summed E-state index contributed by atoms with van der Waals surface area (Å²) in [6.07, 6.45) is 9.20. The summed E-state index contributed by atoms with van der Waals surface area (Å²) in [5, 5.41) is 18.4. The maximum absolute atomic E-state index is 13.2. The summed E-state index contributed by atoms with van der Waals surface area (Å²) in [5.74, 6) is -2.35. The van der Waals surface area contributed by atoms with E-state index in [-0.39, 0.29) is 35.0 Å². The number of carboxylic acid groups (broad SMARTS) is 1. The molecule has 3 aliphatic rings. The Hall–Kier alpha value is -3.98. The molecule has 13 nitrogen and oxygen atoms in total. The molecule has 2 amide bonds. The first-order valence-corrected chi connectivity index (χ1v) is 14.2. The van der Waals surface area contributed by atoms with Crippen molar-refractivity contribution in [1.29, 1.82) is 0 Å². The number of aromatic nitrogens is 4. The standard InChI is InChI=1S/C24H24N8O5S2/c25-24-27-19(29-39-24)16(28-37-14-5-1-2-6-14)20(33)26-17-21(34)32-18(23(35)36)13(12-38-22(17)32)11-31-10-9-30-8-4-3-7-15(30)31/h3-4,7-10,14,17,22H,1-2,5-6,11-12H2,(H3-,25,26,27,29,33,35,36)/b28-16-/t17-,22-/m1/s1. The zero-order valence-electron chi connectivity index (χ0n) is 20.6. The van der Waals surface area contributed by atoms with Crippen molar-refractivity contribution in [3.05, 3.63) is 53.9 Å². The number of pyridine rings is 1. The summed E-state index contributed by atoms with van der Waals surface area (Å²) < 4.78 is 7.89. The van der Waals surface area contributed by atoms with Crippen LogP contribution in [0.5, 0.6) is 0 Å². The van der Waals surface area contributed by atoms with Gasteiger partial charge in [-0.1, -0.05) is 11.2 Å². The number of β-lactam (4-membered cyclic amide) rings is 1. The Morgan fingerprint density at radius 3 is 2.85 bits per heavy atom. The van der Waals surface area contributed by atoms with Gasteiger partial charge in [0.25, 0.3) is 17.5 Å². The maximum atomic E-state index is 13.2. The monoisotopic (exact) mass is 568 g/mol. The molecule has 3 N–H and O–H groups in total. The van der Waals surface area contributed by atoms with E-state index in [1.54, 1.807) is 0 Å². The van der Waals surface area contributed by atoms with Crippen molar-refractivity contribution < 1.29 is 28.9 Å². The summed E-state index contributed by atoms with van der Waals surface area (Å²) in [6.45, 7) is 0.274. The number of nitrogen functional groups attached to an aromatic ring is 1. The highest BCUT2D eigenvalue weighted by atomic mass is 32.2. The number of oxime groups is 1. The van der Waals surface area contributed by atoms with Gasteiger partial charge in [0.1, 0.15) is 36.5 Å². The minimum atomic E-state index is -1.44. The Morgan fingerprint density at radius 2 is 2.10 bits per heavy atom. The molecule has 6 rings (SSSR count). The Balaban J connectivity index is 1.21. The summed E-state index contributed by atoms with van der Waals surface area (Å²) in [4.78, 5) is 49.4. The van der Waals surface area contributed by atoms with Gasteiger partial charge in [-0.15, -0.1) is 11.8 Å². The summed E-state index contributed by atoms with van der Waals surface area (Å²) >= 11 is 2.28. The van der Waals surface area contributed by atoms with Crippen molar-refractivity contribution in [2.24, 2.45) is 5.16 Å². The second-order valence-electron chi connectivity index (χ2n) is 9.40. The molecule has 3 aromatic rings. The number of nitrogens with one attached hydrogen (secondary N) is 1. The number of imidazole rings is 1. The van der Waals surface area contributed by atoms with E-state index in [2.05, 4.69) is 19.8 Å². The highest BCUT2D eigenvalue weighted by molar-refractivity contribution is 8.00. The van der Waals surface area contributed by atoms with Gasteiger partial charge >= 0.3 is 0 Å². The number of carbonyl (C=O) groups excluding carboxylic acids is 3. The average Bonchev–Trinajstić information content (AvgIpc) is 3.69. The SMILES string of the molecule is Nc1nc(/C(=N/OC2CCCC2)C(=O)N[C@@H]2C(=O)N3C(C(=O)[O-])=C(C[n+]4ccn5ccccc54)CS[C@H]23)ns1. The predicted molar refractivity (Wildman–Crippen MR) is 139 cm³/mol. The maximum Gasteiger partial charge on any atom is 0.286 e. The van der Waals surface area contributed by atoms with Crippen LogP contribution >= 0.6 is 23.3 Å². The fraction of sp³-hybridized carbons (Fsp3) is 0.375. The lowest BCUT2D eigenvalue weighted by molar-refractivity contribution is -0.662. The van der Waals surface area contributed by atoms with E-state index in [9.17, 15) is 19.5 Å². The Labute approximate surface area is 230 Å². The largest absolute Gasteiger partial charge is 0.543 e. The van der Waals surface area contributed by atoms with Crippen molar-refractivity contribution in [2.75, 3.05) is 11.5 Å². The van der Waals surface area contributed by atoms with Crippen LogP contribution in [0.4, 0.5) is 5.13 Å². The van der Waals surface area contributed by atoms with Crippen molar-refractivity contribution in [1.82, 2.24) is 24.0 Å². The van der Waals surface area contributed by atoms with Gasteiger partial charge in [-0.25, -0.2) is 8.97 Å². The van der Waals surface area contributed by atoms with Crippen molar-refractivity contribution in [3.8, 4) is 0 Å². The lowest BCUT2D eigenvalue weighted by Gasteiger charge is -2.50. The van der Waals surface area contributed by atoms with Gasteiger partial charge in [-0.05, 0) is 31.7 Å². The molecule has 0 bridgehead atoms. The van der Waals surface area contributed by atoms with Gasteiger partial charge in [0.15, 0.2) is 5.13 Å². The highest BCUT2D eigenvalue weighted by Crippen LogP contribution is 2.40. The Kier molecular flexibility index (Phi) is 6.68. The number of nitrogens with two attached hydrogens (primary N) is 1. The lowest BCUT2D eigenvalue weighted by atomic mass is 10.0. The van der Waals surface area contributed by atoms with Crippen molar-refractivity contribution in [3.63, 3.8) is 0 Å². The Bertz CT molecular complexity index is 1530. The number of nitrogens with zero attached hydrogens (tertiary/aromatic N) is 6. The normalized spacial score (nSPS) is 21.7. The van der Waals surface area contributed by atoms with Gasteiger partial charge in [0.2, 0.25) is 11.5 Å². The lowest BCUT2D eigenvalue weighted by Crippen LogP contribution is -2.71. The van der Waals surface area contributed by atoms with Crippen LogP contribution in [0.2, 0.25) is 0 Å². The minimum absolute atomic E-state index is 0.00217. The summed E-state index contributed by atoms with van der Waals surface area (Å²) in [5.41, 5.74) is 6.77.